The predicted octanol–water partition coefficient (Wildman–Crippen LogP) is 2.21. The third-order valence-corrected chi connectivity index (χ3v) is 3.22. The number of allylic oxidation sites excluding steroid dienone is 1. The van der Waals surface area contributed by atoms with Crippen LogP contribution in [0.3, 0.4) is 0 Å². The van der Waals surface area contributed by atoms with Crippen LogP contribution in [0.1, 0.15) is 19.4 Å². The molecule has 0 aromatic carbocycles. The molecule has 21 heavy (non-hydrogen) atoms. The van der Waals surface area contributed by atoms with Gasteiger partial charge in [-0.25, -0.2) is 4.98 Å². The van der Waals surface area contributed by atoms with Crippen LogP contribution in [0.4, 0.5) is 0 Å². The quantitative estimate of drug-likeness (QED) is 0.829. The first-order chi connectivity index (χ1) is 10.1. The van der Waals surface area contributed by atoms with E-state index in [-0.39, 0.29) is 5.91 Å². The summed E-state index contributed by atoms with van der Waals surface area (Å²) in [6.07, 6.45) is 8.47. The molecule has 0 spiro atoms. The Bertz CT molecular complexity index is 659. The zero-order valence-corrected chi connectivity index (χ0v) is 12.7. The van der Waals surface area contributed by atoms with Gasteiger partial charge in [0, 0.05) is 32.1 Å². The number of rotatable bonds is 6. The van der Waals surface area contributed by atoms with Crippen LogP contribution in [-0.2, 0) is 18.3 Å². The number of amides is 1. The third kappa shape index (κ3) is 3.84. The fourth-order valence-corrected chi connectivity index (χ4v) is 2.21. The Morgan fingerprint density at radius 1 is 1.52 bits per heavy atom. The van der Waals surface area contributed by atoms with Crippen LogP contribution >= 0.6 is 0 Å². The molecule has 0 fully saturated rings. The molecule has 0 aliphatic heterocycles. The maximum atomic E-state index is 10.9. The number of nitrogens with zero attached hydrogens (tertiary/aromatic N) is 2. The van der Waals surface area contributed by atoms with Crippen LogP contribution < -0.4 is 10.1 Å². The topological polar surface area (TPSA) is 56.1 Å². The first-order valence-electron chi connectivity index (χ1n) is 7.04. The van der Waals surface area contributed by atoms with Gasteiger partial charge >= 0.3 is 0 Å². The van der Waals surface area contributed by atoms with Gasteiger partial charge in [0.2, 0.25) is 5.91 Å². The van der Waals surface area contributed by atoms with Crippen LogP contribution in [-0.4, -0.2) is 28.6 Å². The summed E-state index contributed by atoms with van der Waals surface area (Å²) >= 11 is 0. The van der Waals surface area contributed by atoms with Crippen LogP contribution in [0.15, 0.2) is 30.6 Å². The molecule has 0 radical (unpaired) electrons. The summed E-state index contributed by atoms with van der Waals surface area (Å²) in [5.41, 5.74) is 2.08. The molecule has 0 bridgehead atoms. The minimum absolute atomic E-state index is 0.0104. The molecule has 0 aliphatic rings. The van der Waals surface area contributed by atoms with Crippen LogP contribution in [0.2, 0.25) is 0 Å². The Balaban J connectivity index is 2.19. The third-order valence-electron chi connectivity index (χ3n) is 3.22. The van der Waals surface area contributed by atoms with E-state index in [1.807, 2.05) is 36.8 Å². The van der Waals surface area contributed by atoms with Crippen molar-refractivity contribution in [2.75, 3.05) is 13.2 Å². The van der Waals surface area contributed by atoms with E-state index in [1.165, 1.54) is 6.92 Å². The van der Waals surface area contributed by atoms with E-state index in [9.17, 15) is 4.79 Å². The number of fused-ring (bicyclic) bond motifs is 1. The van der Waals surface area contributed by atoms with Crippen molar-refractivity contribution < 1.29 is 9.53 Å². The molecule has 2 heterocycles. The maximum absolute atomic E-state index is 10.9. The summed E-state index contributed by atoms with van der Waals surface area (Å²) in [6, 6.07) is 2.01. The molecule has 5 nitrogen and oxygen atoms in total. The number of carbonyl (C=O) groups is 1. The summed E-state index contributed by atoms with van der Waals surface area (Å²) < 4.78 is 7.63. The minimum Gasteiger partial charge on any atom is -0.488 e. The van der Waals surface area contributed by atoms with E-state index >= 15 is 0 Å². The van der Waals surface area contributed by atoms with Crippen LogP contribution in [0.25, 0.3) is 11.0 Å². The van der Waals surface area contributed by atoms with Crippen molar-refractivity contribution >= 4 is 16.9 Å². The Morgan fingerprint density at radius 2 is 2.33 bits per heavy atom. The molecule has 2 aromatic rings. The van der Waals surface area contributed by atoms with E-state index in [2.05, 4.69) is 16.5 Å². The maximum Gasteiger partial charge on any atom is 0.216 e. The van der Waals surface area contributed by atoms with E-state index in [0.717, 1.165) is 28.8 Å². The average molecular weight is 287 g/mol. The van der Waals surface area contributed by atoms with Gasteiger partial charge in [-0.3, -0.25) is 4.79 Å². The molecule has 1 amide bonds. The highest BCUT2D eigenvalue weighted by atomic mass is 16.5. The van der Waals surface area contributed by atoms with Crippen LogP contribution in [0.5, 0.6) is 5.75 Å². The molecule has 0 atom stereocenters. The standard InChI is InChI=1S/C16H21N3O2/c1-4-5-8-21-14-9-15-13(6-7-17-12(2)20)11-19(3)16(15)18-10-14/h4-5,9-11H,6-8H2,1-3H3,(H,17,20). The van der Waals surface area contributed by atoms with Gasteiger partial charge in [-0.15, -0.1) is 0 Å². The number of ether oxygens (including phenoxy) is 1. The molecule has 1 N–H and O–H groups in total. The lowest BCUT2D eigenvalue weighted by molar-refractivity contribution is -0.118. The molecular formula is C16H21N3O2. The lowest BCUT2D eigenvalue weighted by atomic mass is 10.1. The fourth-order valence-electron chi connectivity index (χ4n) is 2.21. The number of carbonyl (C=O) groups excluding carboxylic acids is 1. The minimum atomic E-state index is -0.0104. The van der Waals surface area contributed by atoms with Gasteiger partial charge in [0.15, 0.2) is 0 Å². The van der Waals surface area contributed by atoms with E-state index in [4.69, 9.17) is 4.74 Å². The number of hydrogen-bond donors (Lipinski definition) is 1. The number of nitrogens with one attached hydrogen (secondary N) is 1. The SMILES string of the molecule is CC=CCOc1cnc2c(c1)c(CCNC(C)=O)cn2C. The van der Waals surface area contributed by atoms with Gasteiger partial charge < -0.3 is 14.6 Å². The monoisotopic (exact) mass is 287 g/mol. The molecule has 0 unspecified atom stereocenters. The number of aromatic nitrogens is 2. The molecule has 112 valence electrons. The van der Waals surface area contributed by atoms with Gasteiger partial charge in [0.05, 0.1) is 6.20 Å². The summed E-state index contributed by atoms with van der Waals surface area (Å²) in [6.45, 7) is 4.65. The smallest absolute Gasteiger partial charge is 0.216 e. The zero-order valence-electron chi connectivity index (χ0n) is 12.7. The zero-order chi connectivity index (χ0) is 15.2. The Hall–Kier alpha value is -2.30. The largest absolute Gasteiger partial charge is 0.488 e. The predicted molar refractivity (Wildman–Crippen MR) is 83.4 cm³/mol. The second-order valence-corrected chi connectivity index (χ2v) is 4.92. The summed E-state index contributed by atoms with van der Waals surface area (Å²) in [5, 5.41) is 3.89. The molecule has 5 heteroatoms. The molecule has 2 aromatic heterocycles. The van der Waals surface area contributed by atoms with Crippen molar-refractivity contribution in [1.82, 2.24) is 14.9 Å². The van der Waals surface area contributed by atoms with Crippen LogP contribution in [0, 0.1) is 0 Å². The second kappa shape index (κ2) is 6.92. The average Bonchev–Trinajstić information content (AvgIpc) is 2.75. The van der Waals surface area contributed by atoms with Crippen molar-refractivity contribution in [2.24, 2.45) is 7.05 Å². The van der Waals surface area contributed by atoms with Gasteiger partial charge in [-0.2, -0.15) is 0 Å². The molecular weight excluding hydrogens is 266 g/mol. The van der Waals surface area contributed by atoms with Crippen molar-refractivity contribution in [3.8, 4) is 5.75 Å². The summed E-state index contributed by atoms with van der Waals surface area (Å²) in [7, 11) is 1.97. The highest BCUT2D eigenvalue weighted by molar-refractivity contribution is 5.82. The highest BCUT2D eigenvalue weighted by Gasteiger charge is 2.09. The van der Waals surface area contributed by atoms with E-state index < -0.39 is 0 Å². The van der Waals surface area contributed by atoms with Gasteiger partial charge in [-0.1, -0.05) is 12.2 Å². The van der Waals surface area contributed by atoms with Crippen molar-refractivity contribution in [1.29, 1.82) is 0 Å². The summed E-state index contributed by atoms with van der Waals surface area (Å²) in [4.78, 5) is 15.4. The highest BCUT2D eigenvalue weighted by Crippen LogP contribution is 2.23. The van der Waals surface area contributed by atoms with E-state index in [0.29, 0.717) is 13.2 Å². The van der Waals surface area contributed by atoms with Gasteiger partial charge in [0.1, 0.15) is 18.0 Å². The molecule has 0 saturated carbocycles. The Morgan fingerprint density at radius 3 is 3.05 bits per heavy atom. The second-order valence-electron chi connectivity index (χ2n) is 4.92. The van der Waals surface area contributed by atoms with Crippen molar-refractivity contribution in [3.63, 3.8) is 0 Å². The van der Waals surface area contributed by atoms with Crippen molar-refractivity contribution in [2.45, 2.75) is 20.3 Å². The number of pyridine rings is 1. The Labute approximate surface area is 124 Å². The fraction of sp³-hybridized carbons (Fsp3) is 0.375. The normalized spacial score (nSPS) is 11.2. The lowest BCUT2D eigenvalue weighted by Gasteiger charge is -2.04. The first kappa shape index (κ1) is 15.1. The number of aryl methyl sites for hydroxylation is 1. The van der Waals surface area contributed by atoms with E-state index in [1.54, 1.807) is 6.20 Å². The molecule has 2 rings (SSSR count). The first-order valence-corrected chi connectivity index (χ1v) is 7.04. The summed E-state index contributed by atoms with van der Waals surface area (Å²) in [5.74, 6) is 0.747. The number of hydrogen-bond acceptors (Lipinski definition) is 3. The lowest BCUT2D eigenvalue weighted by Crippen LogP contribution is -2.22. The Kier molecular flexibility index (Phi) is 4.98. The van der Waals surface area contributed by atoms with Gasteiger partial charge in [0.25, 0.3) is 0 Å². The van der Waals surface area contributed by atoms with Crippen molar-refractivity contribution in [3.05, 3.63) is 36.2 Å². The molecule has 0 aliphatic carbocycles. The molecule has 0 saturated heterocycles. The van der Waals surface area contributed by atoms with Gasteiger partial charge in [-0.05, 0) is 25.0 Å².